The number of aliphatic imine (C=N–C) groups is 1. The van der Waals surface area contributed by atoms with Gasteiger partial charge in [-0.1, -0.05) is 23.2 Å². The average Bonchev–Trinajstić information content (AvgIpc) is 3.20. The van der Waals surface area contributed by atoms with Crippen LogP contribution in [0.15, 0.2) is 47.6 Å². The van der Waals surface area contributed by atoms with Gasteiger partial charge < -0.3 is 20.9 Å². The predicted octanol–water partition coefficient (Wildman–Crippen LogP) is 3.57. The van der Waals surface area contributed by atoms with Gasteiger partial charge in [-0.25, -0.2) is 4.98 Å². The zero-order valence-electron chi connectivity index (χ0n) is 17.3. The number of anilines is 1. The van der Waals surface area contributed by atoms with Gasteiger partial charge in [-0.3, -0.25) is 9.79 Å². The van der Waals surface area contributed by atoms with Gasteiger partial charge in [0, 0.05) is 49.0 Å². The van der Waals surface area contributed by atoms with Crippen molar-refractivity contribution in [3.63, 3.8) is 0 Å². The van der Waals surface area contributed by atoms with Crippen LogP contribution < -0.4 is 20.9 Å². The molecule has 3 rings (SSSR count). The maximum absolute atomic E-state index is 12.1. The number of benzene rings is 1. The summed E-state index contributed by atoms with van der Waals surface area (Å²) in [6.45, 7) is 5.37. The third-order valence-electron chi connectivity index (χ3n) is 4.69. The summed E-state index contributed by atoms with van der Waals surface area (Å²) in [5, 5.41) is 10.8. The Morgan fingerprint density at radius 3 is 2.71 bits per heavy atom. The number of aromatic nitrogens is 1. The lowest BCUT2D eigenvalue weighted by molar-refractivity contribution is 0.0955. The molecule has 1 aromatic carbocycles. The quantitative estimate of drug-likeness (QED) is 0.203. The molecule has 3 N–H and O–H groups in total. The minimum Gasteiger partial charge on any atom is -0.357 e. The fraction of sp³-hybridized carbons (Fsp3) is 0.381. The molecule has 1 aliphatic heterocycles. The van der Waals surface area contributed by atoms with Crippen LogP contribution in [-0.4, -0.2) is 55.6 Å². The Morgan fingerprint density at radius 2 is 2.00 bits per heavy atom. The van der Waals surface area contributed by atoms with E-state index in [-0.39, 0.29) is 35.9 Å². The lowest BCUT2D eigenvalue weighted by Crippen LogP contribution is -2.45. The molecule has 0 saturated carbocycles. The second-order valence-corrected chi connectivity index (χ2v) is 7.75. The summed E-state index contributed by atoms with van der Waals surface area (Å²) in [6.07, 6.45) is 2.72. The van der Waals surface area contributed by atoms with Gasteiger partial charge in [0.05, 0.1) is 11.6 Å². The van der Waals surface area contributed by atoms with E-state index < -0.39 is 0 Å². The van der Waals surface area contributed by atoms with E-state index in [0.717, 1.165) is 37.8 Å². The monoisotopic (exact) mass is 576 g/mol. The zero-order valence-corrected chi connectivity index (χ0v) is 21.1. The second kappa shape index (κ2) is 12.9. The van der Waals surface area contributed by atoms with Crippen molar-refractivity contribution >= 4 is 64.9 Å². The first-order valence-electron chi connectivity index (χ1n) is 10.0. The fourth-order valence-electron chi connectivity index (χ4n) is 3.23. The lowest BCUT2D eigenvalue weighted by atomic mass is 10.2. The molecule has 7 nitrogen and oxygen atoms in total. The molecular formula is C21H27Cl2IN6O. The largest absolute Gasteiger partial charge is 0.357 e. The first-order chi connectivity index (χ1) is 14.6. The number of carbonyl (C=O) groups is 1. The van der Waals surface area contributed by atoms with Gasteiger partial charge in [-0.2, -0.15) is 0 Å². The number of amides is 1. The molecule has 1 atom stereocenters. The number of carbonyl (C=O) groups excluding carboxylic acids is 1. The highest BCUT2D eigenvalue weighted by atomic mass is 127. The molecule has 1 aliphatic rings. The smallest absolute Gasteiger partial charge is 0.251 e. The summed E-state index contributed by atoms with van der Waals surface area (Å²) < 4.78 is 0. The number of rotatable bonds is 7. The van der Waals surface area contributed by atoms with Crippen LogP contribution in [0.5, 0.6) is 0 Å². The highest BCUT2D eigenvalue weighted by Gasteiger charge is 2.25. The number of pyridine rings is 1. The summed E-state index contributed by atoms with van der Waals surface area (Å²) >= 11 is 12.1. The lowest BCUT2D eigenvalue weighted by Gasteiger charge is -2.20. The Hall–Kier alpha value is -1.78. The first-order valence-corrected chi connectivity index (χ1v) is 10.8. The molecule has 0 bridgehead atoms. The topological polar surface area (TPSA) is 81.6 Å². The van der Waals surface area contributed by atoms with Crippen LogP contribution in [-0.2, 0) is 0 Å². The molecule has 168 valence electrons. The summed E-state index contributed by atoms with van der Waals surface area (Å²) in [5.41, 5.74) is 0.577. The van der Waals surface area contributed by atoms with Gasteiger partial charge in [-0.05, 0) is 49.7 Å². The number of guanidine groups is 1. The standard InChI is InChI=1S/C21H26Cl2N6O.HI/c1-2-24-21(27-12-11-26-20(30)15-5-7-16(22)8-6-15)28-17-9-13-29(14-17)19-18(23)4-3-10-25-19;/h3-8,10,17H,2,9,11-14H2,1H3,(H,26,30)(H2,24,27,28);1H. The van der Waals surface area contributed by atoms with E-state index in [9.17, 15) is 4.79 Å². The van der Waals surface area contributed by atoms with E-state index in [1.54, 1.807) is 30.5 Å². The van der Waals surface area contributed by atoms with E-state index in [1.807, 2.05) is 19.1 Å². The van der Waals surface area contributed by atoms with E-state index in [2.05, 4.69) is 30.8 Å². The van der Waals surface area contributed by atoms with Crippen molar-refractivity contribution in [3.05, 3.63) is 58.2 Å². The van der Waals surface area contributed by atoms with Crippen LogP contribution in [0.4, 0.5) is 5.82 Å². The highest BCUT2D eigenvalue weighted by molar-refractivity contribution is 14.0. The molecular weight excluding hydrogens is 550 g/mol. The van der Waals surface area contributed by atoms with Crippen LogP contribution in [0.2, 0.25) is 10.0 Å². The van der Waals surface area contributed by atoms with Gasteiger partial charge >= 0.3 is 0 Å². The van der Waals surface area contributed by atoms with Crippen LogP contribution >= 0.6 is 47.2 Å². The number of hydrogen-bond donors (Lipinski definition) is 3. The molecule has 2 aromatic rings. The third-order valence-corrected chi connectivity index (χ3v) is 5.23. The van der Waals surface area contributed by atoms with Crippen LogP contribution in [0.25, 0.3) is 0 Å². The molecule has 0 spiro atoms. The normalized spacial score (nSPS) is 15.9. The van der Waals surface area contributed by atoms with E-state index >= 15 is 0 Å². The van der Waals surface area contributed by atoms with Crippen molar-refractivity contribution in [2.45, 2.75) is 19.4 Å². The number of nitrogens with one attached hydrogen (secondary N) is 3. The van der Waals surface area contributed by atoms with Gasteiger partial charge in [0.25, 0.3) is 5.91 Å². The van der Waals surface area contributed by atoms with E-state index in [4.69, 9.17) is 23.2 Å². The molecule has 31 heavy (non-hydrogen) atoms. The summed E-state index contributed by atoms with van der Waals surface area (Å²) in [7, 11) is 0. The van der Waals surface area contributed by atoms with E-state index in [0.29, 0.717) is 28.7 Å². The van der Waals surface area contributed by atoms with Crippen molar-refractivity contribution in [2.24, 2.45) is 4.99 Å². The Morgan fingerprint density at radius 1 is 1.23 bits per heavy atom. The SMILES string of the molecule is CCNC(=NCCNC(=O)c1ccc(Cl)cc1)NC1CCN(c2ncccc2Cl)C1.I. The minimum atomic E-state index is -0.140. The number of halogens is 3. The van der Waals surface area contributed by atoms with Crippen LogP contribution in [0, 0.1) is 0 Å². The average molecular weight is 577 g/mol. The molecule has 1 amide bonds. The molecule has 1 saturated heterocycles. The molecule has 10 heteroatoms. The fourth-order valence-corrected chi connectivity index (χ4v) is 3.60. The Bertz CT molecular complexity index is 880. The maximum Gasteiger partial charge on any atom is 0.251 e. The summed E-state index contributed by atoms with van der Waals surface area (Å²) in [5.74, 6) is 1.41. The molecule has 0 aliphatic carbocycles. The zero-order chi connectivity index (χ0) is 21.3. The van der Waals surface area contributed by atoms with Crippen molar-refractivity contribution in [2.75, 3.05) is 37.6 Å². The van der Waals surface area contributed by atoms with Crippen molar-refractivity contribution < 1.29 is 4.79 Å². The Labute approximate surface area is 210 Å². The van der Waals surface area contributed by atoms with Gasteiger partial charge in [0.2, 0.25) is 0 Å². The Kier molecular flexibility index (Phi) is 10.6. The number of nitrogens with zero attached hydrogens (tertiary/aromatic N) is 3. The third kappa shape index (κ3) is 7.69. The molecule has 1 unspecified atom stereocenters. The first kappa shape index (κ1) is 25.5. The van der Waals surface area contributed by atoms with Gasteiger partial charge in [0.1, 0.15) is 5.82 Å². The minimum absolute atomic E-state index is 0. The van der Waals surface area contributed by atoms with Crippen molar-refractivity contribution in [3.8, 4) is 0 Å². The van der Waals surface area contributed by atoms with E-state index in [1.165, 1.54) is 0 Å². The van der Waals surface area contributed by atoms with Gasteiger partial charge in [-0.15, -0.1) is 24.0 Å². The highest BCUT2D eigenvalue weighted by Crippen LogP contribution is 2.25. The Balaban J connectivity index is 0.00000341. The maximum atomic E-state index is 12.1. The van der Waals surface area contributed by atoms with Crippen LogP contribution in [0.1, 0.15) is 23.7 Å². The second-order valence-electron chi connectivity index (χ2n) is 6.91. The molecule has 1 fully saturated rings. The summed E-state index contributed by atoms with van der Waals surface area (Å²) in [4.78, 5) is 23.3. The number of hydrogen-bond acceptors (Lipinski definition) is 4. The van der Waals surface area contributed by atoms with Gasteiger partial charge in [0.15, 0.2) is 5.96 Å². The molecule has 0 radical (unpaired) electrons. The van der Waals surface area contributed by atoms with Crippen molar-refractivity contribution in [1.82, 2.24) is 20.9 Å². The molecule has 2 heterocycles. The van der Waals surface area contributed by atoms with Crippen LogP contribution in [0.3, 0.4) is 0 Å². The predicted molar refractivity (Wildman–Crippen MR) is 138 cm³/mol. The van der Waals surface area contributed by atoms with Crippen molar-refractivity contribution in [1.29, 1.82) is 0 Å². The summed E-state index contributed by atoms with van der Waals surface area (Å²) in [6, 6.07) is 10.7. The molecule has 1 aromatic heterocycles.